The number of ether oxygens (including phenoxy) is 4. The van der Waals surface area contributed by atoms with Gasteiger partial charge in [0, 0.05) is 12.8 Å². The van der Waals surface area contributed by atoms with Gasteiger partial charge in [-0.15, -0.1) is 0 Å². The van der Waals surface area contributed by atoms with Crippen molar-refractivity contribution < 1.29 is 42.9 Å². The van der Waals surface area contributed by atoms with E-state index in [1.165, 1.54) is 424 Å². The number of aliphatic carboxylic acids is 1. The van der Waals surface area contributed by atoms with Crippen molar-refractivity contribution in [2.24, 2.45) is 0 Å². The van der Waals surface area contributed by atoms with Gasteiger partial charge in [0.2, 0.25) is 0 Å². The summed E-state index contributed by atoms with van der Waals surface area (Å²) in [6, 6.07) is 0. The summed E-state index contributed by atoms with van der Waals surface area (Å²) in [5, 5.41) is 11.9. The number of quaternary nitrogens is 1. The number of rotatable bonds is 88. The van der Waals surface area contributed by atoms with Gasteiger partial charge in [-0.3, -0.25) is 9.59 Å². The fourth-order valence-electron chi connectivity index (χ4n) is 14.5. The van der Waals surface area contributed by atoms with E-state index in [9.17, 15) is 19.5 Å². The second kappa shape index (κ2) is 84.4. The van der Waals surface area contributed by atoms with Crippen molar-refractivity contribution in [2.75, 3.05) is 47.5 Å². The molecule has 2 unspecified atom stereocenters. The van der Waals surface area contributed by atoms with E-state index in [2.05, 4.69) is 38.2 Å². The molecule has 102 heavy (non-hydrogen) atoms. The third-order valence-corrected chi connectivity index (χ3v) is 21.5. The molecule has 604 valence electrons. The zero-order chi connectivity index (χ0) is 73.9. The van der Waals surface area contributed by atoms with Crippen molar-refractivity contribution in [3.63, 3.8) is 0 Å². The lowest BCUT2D eigenvalue weighted by molar-refractivity contribution is -0.870. The van der Waals surface area contributed by atoms with E-state index in [4.69, 9.17) is 18.9 Å². The van der Waals surface area contributed by atoms with Gasteiger partial charge in [0.15, 0.2) is 12.4 Å². The molecule has 0 aromatic carbocycles. The van der Waals surface area contributed by atoms with Crippen LogP contribution in [0.3, 0.4) is 0 Å². The molecule has 0 saturated heterocycles. The number of hydrogen-bond donors (Lipinski definition) is 0. The van der Waals surface area contributed by atoms with Gasteiger partial charge in [-0.2, -0.15) is 0 Å². The van der Waals surface area contributed by atoms with Crippen LogP contribution in [0, 0.1) is 0 Å². The molecule has 0 aromatic heterocycles. The molecule has 0 fully saturated rings. The average Bonchev–Trinajstić information content (AvgIpc) is 0.997. The number of allylic oxidation sites excluding steroid dienone is 4. The van der Waals surface area contributed by atoms with Gasteiger partial charge in [-0.05, 0) is 44.9 Å². The topological polar surface area (TPSA) is 111 Å². The fraction of sp³-hybridized carbons (Fsp3) is 0.925. The zero-order valence-electron chi connectivity index (χ0n) is 69.5. The summed E-state index contributed by atoms with van der Waals surface area (Å²) in [5.74, 6) is -2.24. The molecular weight excluding hydrogens is 1260 g/mol. The first-order valence-corrected chi connectivity index (χ1v) is 46.0. The first-order valence-electron chi connectivity index (χ1n) is 46.0. The lowest BCUT2D eigenvalue weighted by atomic mass is 10.0. The smallest absolute Gasteiger partial charge is 0.306 e. The number of carboxylic acid groups (broad SMARTS) is 1. The monoisotopic (exact) mass is 1440 g/mol. The summed E-state index contributed by atoms with van der Waals surface area (Å²) in [6.07, 6.45) is 107. The average molecular weight is 1440 g/mol. The van der Waals surface area contributed by atoms with E-state index in [0.29, 0.717) is 17.4 Å². The molecule has 0 heterocycles. The molecule has 2 atom stereocenters. The molecule has 0 rings (SSSR count). The van der Waals surface area contributed by atoms with Crippen molar-refractivity contribution >= 4 is 17.9 Å². The molecule has 0 aliphatic rings. The fourth-order valence-corrected chi connectivity index (χ4v) is 14.5. The summed E-state index contributed by atoms with van der Waals surface area (Å²) in [5.41, 5.74) is 0. The highest BCUT2D eigenvalue weighted by Gasteiger charge is 2.22. The molecule has 0 bridgehead atoms. The van der Waals surface area contributed by atoms with Crippen LogP contribution in [0.2, 0.25) is 0 Å². The SMILES string of the molecule is CCCCCCC/C=C\C/C=C\CCCCCCCCCCCCCCCCCCCCCCCCCCCCCC(=O)OC(COC(=O)CCCCCCCCCCCCCCCCCCCCCCCCCCCCCCCCCCCCCCCC)COC(OCC[N+](C)(C)C)C(=O)[O-]. The third kappa shape index (κ3) is 85.0. The quantitative estimate of drug-likeness (QED) is 0.0195. The Balaban J connectivity index is 3.87. The number of esters is 2. The van der Waals surface area contributed by atoms with Crippen LogP contribution in [-0.4, -0.2) is 82.3 Å². The van der Waals surface area contributed by atoms with Crippen molar-refractivity contribution in [1.29, 1.82) is 0 Å². The van der Waals surface area contributed by atoms with E-state index in [1.54, 1.807) is 0 Å². The van der Waals surface area contributed by atoms with Crippen LogP contribution in [0.25, 0.3) is 0 Å². The van der Waals surface area contributed by atoms with Crippen LogP contribution < -0.4 is 5.11 Å². The van der Waals surface area contributed by atoms with Crippen molar-refractivity contribution in [3.8, 4) is 0 Å². The number of carbonyl (C=O) groups is 3. The van der Waals surface area contributed by atoms with Crippen molar-refractivity contribution in [2.45, 2.75) is 508 Å². The standard InChI is InChI=1S/C93H179NO8/c1-6-8-10-12-14-16-18-20-22-24-26-28-30-32-34-36-38-40-42-44-46-48-50-52-54-56-58-60-62-64-66-68-70-72-74-76-78-80-82-84-91(96)102-89(88-101-93(92(97)98)99-86-85-94(3,4)5)87-100-90(95)83-81-79-77-75-73-71-69-67-65-63-61-59-57-55-53-51-49-47-45-43-41-39-37-35-33-31-29-27-25-23-21-19-17-15-13-11-9-7-2/h18,20,24,26,89,93H,6-17,19,21-23,25,27-88H2,1-5H3/b20-18-,26-24-. The molecule has 0 spiro atoms. The van der Waals surface area contributed by atoms with E-state index in [-0.39, 0.29) is 32.2 Å². The maximum Gasteiger partial charge on any atom is 0.306 e. The Hall–Kier alpha value is -2.23. The number of nitrogens with zero attached hydrogens (tertiary/aromatic N) is 1. The Morgan fingerprint density at radius 1 is 0.294 bits per heavy atom. The number of unbranched alkanes of at least 4 members (excludes halogenated alkanes) is 69. The maximum atomic E-state index is 13.0. The van der Waals surface area contributed by atoms with Gasteiger partial charge < -0.3 is 33.3 Å². The van der Waals surface area contributed by atoms with Crippen LogP contribution in [-0.2, 0) is 33.3 Å². The molecule has 0 aliphatic carbocycles. The maximum absolute atomic E-state index is 13.0. The number of carbonyl (C=O) groups excluding carboxylic acids is 3. The second-order valence-corrected chi connectivity index (χ2v) is 33.0. The minimum atomic E-state index is -1.62. The van der Waals surface area contributed by atoms with Crippen LogP contribution in [0.5, 0.6) is 0 Å². The molecule has 9 nitrogen and oxygen atoms in total. The van der Waals surface area contributed by atoms with Gasteiger partial charge in [0.1, 0.15) is 13.2 Å². The second-order valence-electron chi connectivity index (χ2n) is 33.0. The van der Waals surface area contributed by atoms with Gasteiger partial charge >= 0.3 is 11.9 Å². The highest BCUT2D eigenvalue weighted by atomic mass is 16.7. The highest BCUT2D eigenvalue weighted by molar-refractivity contribution is 5.70. The van der Waals surface area contributed by atoms with Gasteiger partial charge in [0.05, 0.1) is 40.3 Å². The normalized spacial score (nSPS) is 12.6. The molecule has 0 radical (unpaired) electrons. The van der Waals surface area contributed by atoms with Crippen LogP contribution in [0.4, 0.5) is 0 Å². The number of likely N-dealkylation sites (N-methyl/N-ethyl adjacent to an activating group) is 1. The summed E-state index contributed by atoms with van der Waals surface area (Å²) >= 11 is 0. The minimum absolute atomic E-state index is 0.153. The summed E-state index contributed by atoms with van der Waals surface area (Å²) in [4.78, 5) is 37.7. The van der Waals surface area contributed by atoms with Gasteiger partial charge in [-0.25, -0.2) is 0 Å². The molecule has 0 amide bonds. The Kier molecular flexibility index (Phi) is 82.5. The highest BCUT2D eigenvalue weighted by Crippen LogP contribution is 2.22. The zero-order valence-corrected chi connectivity index (χ0v) is 69.5. The molecule has 0 saturated carbocycles. The Morgan fingerprint density at radius 3 is 0.775 bits per heavy atom. The summed E-state index contributed by atoms with van der Waals surface area (Å²) < 4.78 is 22.9. The predicted molar refractivity (Wildman–Crippen MR) is 440 cm³/mol. The summed E-state index contributed by atoms with van der Waals surface area (Å²) in [6.45, 7) is 4.84. The lowest BCUT2D eigenvalue weighted by Crippen LogP contribution is -2.44. The molecule has 0 aromatic rings. The molecular formula is C93H179NO8. The van der Waals surface area contributed by atoms with Crippen molar-refractivity contribution in [3.05, 3.63) is 24.3 Å². The molecule has 0 N–H and O–H groups in total. The summed E-state index contributed by atoms with van der Waals surface area (Å²) in [7, 11) is 5.96. The first kappa shape index (κ1) is 99.8. The predicted octanol–water partition coefficient (Wildman–Crippen LogP) is 28.7. The Labute approximate surface area is 637 Å². The van der Waals surface area contributed by atoms with Crippen LogP contribution in [0.15, 0.2) is 24.3 Å². The largest absolute Gasteiger partial charge is 0.545 e. The van der Waals surface area contributed by atoms with Crippen LogP contribution >= 0.6 is 0 Å². The van der Waals surface area contributed by atoms with E-state index in [1.807, 2.05) is 21.1 Å². The Morgan fingerprint density at radius 2 is 0.529 bits per heavy atom. The molecule has 9 heteroatoms. The molecule has 0 aliphatic heterocycles. The minimum Gasteiger partial charge on any atom is -0.545 e. The Bertz CT molecular complexity index is 1730. The number of hydrogen-bond acceptors (Lipinski definition) is 8. The first-order chi connectivity index (χ1) is 50.1. The third-order valence-electron chi connectivity index (χ3n) is 21.5. The van der Waals surface area contributed by atoms with Gasteiger partial charge in [0.25, 0.3) is 0 Å². The number of carboxylic acids is 1. The van der Waals surface area contributed by atoms with E-state index in [0.717, 1.165) is 44.9 Å². The van der Waals surface area contributed by atoms with E-state index >= 15 is 0 Å². The van der Waals surface area contributed by atoms with Gasteiger partial charge in [-0.1, -0.05) is 462 Å². The van der Waals surface area contributed by atoms with Crippen LogP contribution in [0.1, 0.15) is 495 Å². The van der Waals surface area contributed by atoms with E-state index < -0.39 is 24.3 Å². The van der Waals surface area contributed by atoms with Crippen molar-refractivity contribution in [1.82, 2.24) is 0 Å². The lowest BCUT2D eigenvalue weighted by Gasteiger charge is -2.26.